The molecule has 0 aliphatic carbocycles. The summed E-state index contributed by atoms with van der Waals surface area (Å²) in [6, 6.07) is 7.03. The summed E-state index contributed by atoms with van der Waals surface area (Å²) in [5.74, 6) is -1.18. The Morgan fingerprint density at radius 1 is 1.28 bits per heavy atom. The lowest BCUT2D eigenvalue weighted by atomic mass is 10.2. The zero-order chi connectivity index (χ0) is 21.6. The molecule has 29 heavy (non-hydrogen) atoms. The molecule has 0 bridgehead atoms. The summed E-state index contributed by atoms with van der Waals surface area (Å²) in [6.45, 7) is 1.27. The standard InChI is InChI=1S/C17H23N5O5S2/c1-12(23)20-14(16(18)24)8-9-28-15(22-17(25)21(2)11-19-22)10-29(26,27)13-6-4-3-5-7-13/h3-7,11,14-15H,8-10H2,1-2H3,(H2,18,24)(H,20,23). The lowest BCUT2D eigenvalue weighted by Gasteiger charge is -2.18. The van der Waals surface area contributed by atoms with Gasteiger partial charge in [0.15, 0.2) is 9.84 Å². The van der Waals surface area contributed by atoms with Crippen molar-refractivity contribution < 1.29 is 18.0 Å². The van der Waals surface area contributed by atoms with Gasteiger partial charge in [-0.15, -0.1) is 11.8 Å². The fraction of sp³-hybridized carbons (Fsp3) is 0.412. The number of nitrogens with zero attached hydrogens (tertiary/aromatic N) is 3. The Hall–Kier alpha value is -2.60. The van der Waals surface area contributed by atoms with Gasteiger partial charge in [-0.25, -0.2) is 13.2 Å². The molecule has 2 aromatic rings. The molecule has 0 aliphatic rings. The lowest BCUT2D eigenvalue weighted by molar-refractivity contribution is -0.126. The van der Waals surface area contributed by atoms with Gasteiger partial charge in [0.2, 0.25) is 11.8 Å². The SMILES string of the molecule is CC(=O)NC(CCSC(CS(=O)(=O)c1ccccc1)n1ncn(C)c1=O)C(N)=O. The highest BCUT2D eigenvalue weighted by atomic mass is 32.2. The molecule has 2 rings (SSSR count). The Kier molecular flexibility index (Phi) is 7.62. The summed E-state index contributed by atoms with van der Waals surface area (Å²) in [4.78, 5) is 35.1. The van der Waals surface area contributed by atoms with E-state index in [2.05, 4.69) is 10.4 Å². The smallest absolute Gasteiger partial charge is 0.346 e. The van der Waals surface area contributed by atoms with Gasteiger partial charge in [-0.2, -0.15) is 9.78 Å². The summed E-state index contributed by atoms with van der Waals surface area (Å²) >= 11 is 1.15. The van der Waals surface area contributed by atoms with E-state index in [1.54, 1.807) is 18.2 Å². The van der Waals surface area contributed by atoms with Crippen LogP contribution in [0.15, 0.2) is 46.3 Å². The third kappa shape index (κ3) is 6.19. The number of amides is 2. The molecule has 12 heteroatoms. The lowest BCUT2D eigenvalue weighted by Crippen LogP contribution is -2.44. The quantitative estimate of drug-likeness (QED) is 0.513. The summed E-state index contributed by atoms with van der Waals surface area (Å²) in [5.41, 5.74) is 4.83. The van der Waals surface area contributed by atoms with Gasteiger partial charge in [-0.3, -0.25) is 14.2 Å². The van der Waals surface area contributed by atoms with Gasteiger partial charge in [0.1, 0.15) is 17.7 Å². The molecule has 0 spiro atoms. The van der Waals surface area contributed by atoms with E-state index in [0.29, 0.717) is 0 Å². The van der Waals surface area contributed by atoms with Gasteiger partial charge < -0.3 is 11.1 Å². The average Bonchev–Trinajstić information content (AvgIpc) is 2.99. The normalized spacial score (nSPS) is 13.6. The fourth-order valence-corrected chi connectivity index (χ4v) is 5.68. The molecule has 1 aromatic carbocycles. The highest BCUT2D eigenvalue weighted by molar-refractivity contribution is 8.00. The number of hydrogen-bond donors (Lipinski definition) is 2. The second-order valence-corrected chi connectivity index (χ2v) is 9.65. The zero-order valence-electron chi connectivity index (χ0n) is 16.0. The summed E-state index contributed by atoms with van der Waals surface area (Å²) in [6.07, 6.45) is 1.48. The molecule has 1 aromatic heterocycles. The van der Waals surface area contributed by atoms with Crippen molar-refractivity contribution in [2.75, 3.05) is 11.5 Å². The van der Waals surface area contributed by atoms with Crippen LogP contribution in [0.5, 0.6) is 0 Å². The van der Waals surface area contributed by atoms with Crippen molar-refractivity contribution in [3.05, 3.63) is 47.1 Å². The molecule has 0 saturated heterocycles. The summed E-state index contributed by atoms with van der Waals surface area (Å²) in [5, 5.41) is 5.62. The minimum Gasteiger partial charge on any atom is -0.368 e. The van der Waals surface area contributed by atoms with Gasteiger partial charge in [0, 0.05) is 14.0 Å². The first-order valence-electron chi connectivity index (χ1n) is 8.68. The molecule has 3 N–H and O–H groups in total. The summed E-state index contributed by atoms with van der Waals surface area (Å²) < 4.78 is 27.9. The molecular weight excluding hydrogens is 418 g/mol. The largest absolute Gasteiger partial charge is 0.368 e. The fourth-order valence-electron chi connectivity index (χ4n) is 2.54. The summed E-state index contributed by atoms with van der Waals surface area (Å²) in [7, 11) is -2.18. The van der Waals surface area contributed by atoms with Gasteiger partial charge in [-0.1, -0.05) is 18.2 Å². The number of sulfone groups is 1. The van der Waals surface area contributed by atoms with Crippen LogP contribution in [0.3, 0.4) is 0 Å². The van der Waals surface area contributed by atoms with Crippen molar-refractivity contribution in [1.82, 2.24) is 19.7 Å². The second-order valence-electron chi connectivity index (χ2n) is 6.33. The number of aryl methyl sites for hydroxylation is 1. The van der Waals surface area contributed by atoms with Crippen molar-refractivity contribution in [2.24, 2.45) is 12.8 Å². The number of carbonyl (C=O) groups excluding carboxylic acids is 2. The molecule has 10 nitrogen and oxygen atoms in total. The maximum absolute atomic E-state index is 12.8. The topological polar surface area (TPSA) is 146 Å². The van der Waals surface area contributed by atoms with E-state index in [9.17, 15) is 22.8 Å². The van der Waals surface area contributed by atoms with Crippen LogP contribution >= 0.6 is 11.8 Å². The molecule has 2 amide bonds. The maximum Gasteiger partial charge on any atom is 0.346 e. The first-order chi connectivity index (χ1) is 13.6. The molecule has 1 heterocycles. The van der Waals surface area contributed by atoms with Crippen LogP contribution in [0.4, 0.5) is 0 Å². The maximum atomic E-state index is 12.8. The van der Waals surface area contributed by atoms with Crippen LogP contribution in [0.25, 0.3) is 0 Å². The molecule has 0 radical (unpaired) electrons. The molecule has 0 fully saturated rings. The monoisotopic (exact) mass is 441 g/mol. The average molecular weight is 442 g/mol. The molecule has 2 atom stereocenters. The van der Waals surface area contributed by atoms with E-state index in [0.717, 1.165) is 16.4 Å². The van der Waals surface area contributed by atoms with E-state index >= 15 is 0 Å². The number of hydrogen-bond acceptors (Lipinski definition) is 7. The van der Waals surface area contributed by atoms with E-state index < -0.39 is 38.8 Å². The van der Waals surface area contributed by atoms with Crippen LogP contribution in [-0.2, 0) is 26.5 Å². The minimum atomic E-state index is -3.69. The molecule has 2 unspecified atom stereocenters. The Bertz CT molecular complexity index is 1020. The number of rotatable bonds is 10. The van der Waals surface area contributed by atoms with E-state index in [1.807, 2.05) is 0 Å². The number of carbonyl (C=O) groups is 2. The Morgan fingerprint density at radius 3 is 2.45 bits per heavy atom. The highest BCUT2D eigenvalue weighted by Gasteiger charge is 2.26. The number of thioether (sulfide) groups is 1. The third-order valence-corrected chi connectivity index (χ3v) is 7.20. The van der Waals surface area contributed by atoms with Crippen LogP contribution in [0, 0.1) is 0 Å². The number of benzene rings is 1. The first-order valence-corrected chi connectivity index (χ1v) is 11.4. The minimum absolute atomic E-state index is 0.142. The van der Waals surface area contributed by atoms with Gasteiger partial charge in [0.25, 0.3) is 0 Å². The zero-order valence-corrected chi connectivity index (χ0v) is 17.6. The van der Waals surface area contributed by atoms with Crippen molar-refractivity contribution in [3.8, 4) is 0 Å². The Balaban J connectivity index is 2.20. The Morgan fingerprint density at radius 2 is 1.93 bits per heavy atom. The number of aromatic nitrogens is 3. The van der Waals surface area contributed by atoms with E-state index in [4.69, 9.17) is 5.73 Å². The van der Waals surface area contributed by atoms with E-state index in [-0.39, 0.29) is 22.8 Å². The van der Waals surface area contributed by atoms with Crippen LogP contribution in [-0.4, -0.2) is 52.1 Å². The third-order valence-electron chi connectivity index (χ3n) is 4.02. The van der Waals surface area contributed by atoms with Gasteiger partial charge in [0.05, 0.1) is 10.6 Å². The molecular formula is C17H23N5O5S2. The molecule has 0 aliphatic heterocycles. The van der Waals surface area contributed by atoms with Crippen molar-refractivity contribution in [3.63, 3.8) is 0 Å². The first kappa shape index (κ1) is 22.7. The molecule has 0 saturated carbocycles. The number of nitrogens with one attached hydrogen (secondary N) is 1. The molecule has 158 valence electrons. The Labute approximate surface area is 172 Å². The number of nitrogens with two attached hydrogens (primary N) is 1. The van der Waals surface area contributed by atoms with Crippen molar-refractivity contribution >= 4 is 33.4 Å². The van der Waals surface area contributed by atoms with Crippen LogP contribution in [0.1, 0.15) is 18.7 Å². The highest BCUT2D eigenvalue weighted by Crippen LogP contribution is 2.26. The van der Waals surface area contributed by atoms with Crippen LogP contribution < -0.4 is 16.7 Å². The predicted octanol–water partition coefficient (Wildman–Crippen LogP) is -0.332. The second kappa shape index (κ2) is 9.74. The van der Waals surface area contributed by atoms with Crippen LogP contribution in [0.2, 0.25) is 0 Å². The number of primary amides is 1. The van der Waals surface area contributed by atoms with Gasteiger partial charge in [-0.05, 0) is 24.3 Å². The van der Waals surface area contributed by atoms with Crippen molar-refractivity contribution in [1.29, 1.82) is 0 Å². The predicted molar refractivity (Wildman–Crippen MR) is 109 cm³/mol. The van der Waals surface area contributed by atoms with Crippen molar-refractivity contribution in [2.45, 2.75) is 29.7 Å². The van der Waals surface area contributed by atoms with Gasteiger partial charge >= 0.3 is 5.69 Å². The van der Waals surface area contributed by atoms with E-state index in [1.165, 1.54) is 37.0 Å².